The molecule has 4 rings (SSSR count). The molecule has 0 unspecified atom stereocenters. The highest BCUT2D eigenvalue weighted by Crippen LogP contribution is 2.38. The van der Waals surface area contributed by atoms with Crippen molar-refractivity contribution in [3.8, 4) is 0 Å². The Balaban J connectivity index is 1.53. The predicted octanol–water partition coefficient (Wildman–Crippen LogP) is -1.53. The van der Waals surface area contributed by atoms with E-state index in [0.29, 0.717) is 10.7 Å². The van der Waals surface area contributed by atoms with Crippen molar-refractivity contribution in [1.82, 2.24) is 15.2 Å². The molecular formula is C19H18N6O5S2. The SMILES string of the molecule is CO/N=C(/C(=O)N[C@@H]1C(=O)N2C(C(=O)[O-])=C(C[n+]3ccccc3)SC[C@H]12)c1csc(N)n1. The molecule has 0 saturated carbocycles. The van der Waals surface area contributed by atoms with Crippen molar-refractivity contribution in [2.45, 2.75) is 18.6 Å². The second-order valence-electron chi connectivity index (χ2n) is 6.84. The van der Waals surface area contributed by atoms with Gasteiger partial charge in [-0.05, 0) is 0 Å². The number of oxime groups is 1. The molecule has 2 aliphatic heterocycles. The summed E-state index contributed by atoms with van der Waals surface area (Å²) in [5, 5.41) is 20.0. The molecule has 0 bridgehead atoms. The van der Waals surface area contributed by atoms with Gasteiger partial charge in [0, 0.05) is 23.3 Å². The van der Waals surface area contributed by atoms with Crippen LogP contribution in [0.3, 0.4) is 0 Å². The number of carbonyl (C=O) groups excluding carboxylic acids is 3. The monoisotopic (exact) mass is 474 g/mol. The molecule has 32 heavy (non-hydrogen) atoms. The zero-order valence-corrected chi connectivity index (χ0v) is 18.4. The van der Waals surface area contributed by atoms with E-state index in [4.69, 9.17) is 10.6 Å². The molecule has 13 heteroatoms. The number of carboxylic acid groups (broad SMARTS) is 1. The average Bonchev–Trinajstić information content (AvgIpc) is 3.21. The number of hydrogen-bond acceptors (Lipinski definition) is 10. The number of nitrogens with two attached hydrogens (primary N) is 1. The summed E-state index contributed by atoms with van der Waals surface area (Å²) >= 11 is 2.45. The molecule has 0 spiro atoms. The third-order valence-electron chi connectivity index (χ3n) is 4.90. The lowest BCUT2D eigenvalue weighted by Crippen LogP contribution is -2.73. The number of rotatable bonds is 7. The highest BCUT2D eigenvalue weighted by atomic mass is 32.2. The number of anilines is 1. The van der Waals surface area contributed by atoms with Crippen LogP contribution in [0.5, 0.6) is 0 Å². The molecule has 2 aromatic heterocycles. The number of amides is 2. The van der Waals surface area contributed by atoms with E-state index in [9.17, 15) is 19.5 Å². The Bertz CT molecular complexity index is 1130. The van der Waals surface area contributed by atoms with Gasteiger partial charge in [0.2, 0.25) is 0 Å². The highest BCUT2D eigenvalue weighted by molar-refractivity contribution is 8.03. The van der Waals surface area contributed by atoms with E-state index in [1.807, 2.05) is 22.8 Å². The van der Waals surface area contributed by atoms with Crippen LogP contribution in [0.2, 0.25) is 0 Å². The zero-order valence-electron chi connectivity index (χ0n) is 16.8. The van der Waals surface area contributed by atoms with Crippen LogP contribution >= 0.6 is 23.1 Å². The van der Waals surface area contributed by atoms with E-state index in [-0.39, 0.29) is 28.8 Å². The lowest BCUT2D eigenvalue weighted by molar-refractivity contribution is -0.687. The van der Waals surface area contributed by atoms with E-state index >= 15 is 0 Å². The van der Waals surface area contributed by atoms with Gasteiger partial charge in [0.15, 0.2) is 29.8 Å². The summed E-state index contributed by atoms with van der Waals surface area (Å²) in [5.74, 6) is -2.24. The number of thiazole rings is 1. The Morgan fingerprint density at radius 2 is 2.16 bits per heavy atom. The van der Waals surface area contributed by atoms with Gasteiger partial charge < -0.3 is 30.7 Å². The maximum Gasteiger partial charge on any atom is 0.276 e. The number of pyridine rings is 1. The maximum atomic E-state index is 12.8. The van der Waals surface area contributed by atoms with Gasteiger partial charge in [-0.25, -0.2) is 9.55 Å². The zero-order chi connectivity index (χ0) is 22.8. The van der Waals surface area contributed by atoms with Crippen molar-refractivity contribution in [2.75, 3.05) is 18.6 Å². The van der Waals surface area contributed by atoms with Gasteiger partial charge >= 0.3 is 0 Å². The summed E-state index contributed by atoms with van der Waals surface area (Å²) in [4.78, 5) is 47.9. The summed E-state index contributed by atoms with van der Waals surface area (Å²) in [6, 6.07) is 4.06. The first-order chi connectivity index (χ1) is 15.4. The Hall–Kier alpha value is -3.45. The van der Waals surface area contributed by atoms with E-state index in [1.54, 1.807) is 17.8 Å². The van der Waals surface area contributed by atoms with Crippen LogP contribution in [0.1, 0.15) is 5.69 Å². The van der Waals surface area contributed by atoms with Crippen molar-refractivity contribution in [3.63, 3.8) is 0 Å². The minimum atomic E-state index is -1.44. The number of hydrogen-bond donors (Lipinski definition) is 2. The van der Waals surface area contributed by atoms with E-state index in [0.717, 1.165) is 11.3 Å². The quantitative estimate of drug-likeness (QED) is 0.212. The van der Waals surface area contributed by atoms with Crippen molar-refractivity contribution in [3.05, 3.63) is 52.3 Å². The minimum absolute atomic E-state index is 0.132. The molecule has 166 valence electrons. The number of fused-ring (bicyclic) bond motifs is 1. The van der Waals surface area contributed by atoms with Crippen LogP contribution in [0.25, 0.3) is 0 Å². The van der Waals surface area contributed by atoms with E-state index in [2.05, 4.69) is 15.5 Å². The lowest BCUT2D eigenvalue weighted by Gasteiger charge is -2.50. The molecule has 4 heterocycles. The van der Waals surface area contributed by atoms with Crippen LogP contribution in [-0.2, 0) is 25.8 Å². The molecule has 2 aliphatic rings. The summed E-state index contributed by atoms with van der Waals surface area (Å²) in [6.45, 7) is 0.290. The van der Waals surface area contributed by atoms with Gasteiger partial charge in [-0.2, -0.15) is 0 Å². The van der Waals surface area contributed by atoms with Gasteiger partial charge in [0.05, 0.1) is 22.6 Å². The van der Waals surface area contributed by atoms with Gasteiger partial charge in [-0.15, -0.1) is 23.1 Å². The fraction of sp³-hybridized carbons (Fsp3) is 0.263. The first kappa shape index (κ1) is 21.8. The van der Waals surface area contributed by atoms with Gasteiger partial charge in [-0.1, -0.05) is 11.2 Å². The number of carbonyl (C=O) groups is 3. The lowest BCUT2D eigenvalue weighted by atomic mass is 9.94. The van der Waals surface area contributed by atoms with Crippen LogP contribution in [-0.4, -0.2) is 58.3 Å². The molecule has 3 N–H and O–H groups in total. The standard InChI is InChI=1S/C19H18N6O5S2/c1-30-23-13(10-8-32-19(20)21-10)16(26)22-14-11-9-31-12(7-24-5-3-2-4-6-24)15(18(28)29)25(11)17(14)27/h2-6,8,11,14H,7,9H2,1H3,(H3-,20,21,22,26,28,29)/b23-13+/t11-,14+/m1/s1. The maximum absolute atomic E-state index is 12.8. The van der Waals surface area contributed by atoms with Crippen molar-refractivity contribution >= 4 is 51.7 Å². The van der Waals surface area contributed by atoms with Gasteiger partial charge in [-0.3, -0.25) is 9.59 Å². The second kappa shape index (κ2) is 8.96. The van der Waals surface area contributed by atoms with Crippen LogP contribution in [0.4, 0.5) is 5.13 Å². The molecule has 2 atom stereocenters. The van der Waals surface area contributed by atoms with E-state index < -0.39 is 29.9 Å². The van der Waals surface area contributed by atoms with Gasteiger partial charge in [0.25, 0.3) is 11.8 Å². The Kier molecular flexibility index (Phi) is 6.10. The number of aliphatic carboxylic acids is 1. The normalized spacial score (nSPS) is 20.5. The number of β-lactam (4-membered cyclic amide) rings is 1. The fourth-order valence-electron chi connectivity index (χ4n) is 3.48. The third kappa shape index (κ3) is 4.03. The molecule has 0 aromatic carbocycles. The van der Waals surface area contributed by atoms with Crippen molar-refractivity contribution in [1.29, 1.82) is 0 Å². The molecule has 11 nitrogen and oxygen atoms in total. The fourth-order valence-corrected chi connectivity index (χ4v) is 5.30. The number of aromatic nitrogens is 2. The first-order valence-corrected chi connectivity index (χ1v) is 11.2. The summed E-state index contributed by atoms with van der Waals surface area (Å²) in [5.41, 5.74) is 5.53. The number of carboxylic acids is 1. The smallest absolute Gasteiger partial charge is 0.276 e. The predicted molar refractivity (Wildman–Crippen MR) is 114 cm³/mol. The molecule has 1 fully saturated rings. The molecule has 0 radical (unpaired) electrons. The largest absolute Gasteiger partial charge is 0.543 e. The third-order valence-corrected chi connectivity index (χ3v) is 6.75. The number of allylic oxidation sites excluding steroid dienone is 1. The first-order valence-electron chi connectivity index (χ1n) is 9.38. The second-order valence-corrected chi connectivity index (χ2v) is 8.84. The van der Waals surface area contributed by atoms with Crippen LogP contribution in [0.15, 0.2) is 51.7 Å². The molecular weight excluding hydrogens is 456 g/mol. The highest BCUT2D eigenvalue weighted by Gasteiger charge is 2.53. The topological polar surface area (TPSA) is 154 Å². The van der Waals surface area contributed by atoms with E-state index in [1.165, 1.54) is 23.8 Å². The van der Waals surface area contributed by atoms with Crippen LogP contribution < -0.4 is 20.7 Å². The average molecular weight is 475 g/mol. The Labute approximate surface area is 190 Å². The molecule has 1 saturated heterocycles. The minimum Gasteiger partial charge on any atom is -0.543 e. The number of nitrogen functional groups attached to an aromatic ring is 1. The van der Waals surface area contributed by atoms with Gasteiger partial charge in [0.1, 0.15) is 18.8 Å². The van der Waals surface area contributed by atoms with Crippen molar-refractivity contribution in [2.24, 2.45) is 5.16 Å². The summed E-state index contributed by atoms with van der Waals surface area (Å²) in [7, 11) is 1.28. The Morgan fingerprint density at radius 1 is 1.41 bits per heavy atom. The molecule has 0 aliphatic carbocycles. The van der Waals surface area contributed by atoms with Crippen LogP contribution in [0, 0.1) is 0 Å². The number of nitrogens with one attached hydrogen (secondary N) is 1. The summed E-state index contributed by atoms with van der Waals surface area (Å²) < 4.78 is 1.81. The molecule has 2 aromatic rings. The van der Waals surface area contributed by atoms with Crippen molar-refractivity contribution < 1.29 is 28.9 Å². The number of thioether (sulfide) groups is 1. The number of nitrogens with zero attached hydrogens (tertiary/aromatic N) is 4. The summed E-state index contributed by atoms with van der Waals surface area (Å²) in [6.07, 6.45) is 3.60. The molecule has 2 amide bonds. The Morgan fingerprint density at radius 3 is 2.78 bits per heavy atom.